The molecular formula is C17H22O8. The van der Waals surface area contributed by atoms with Gasteiger partial charge in [0.25, 0.3) is 0 Å². The van der Waals surface area contributed by atoms with Crippen LogP contribution in [0.4, 0.5) is 0 Å². The Morgan fingerprint density at radius 1 is 0.880 bits per heavy atom. The Bertz CT molecular complexity index is 549. The number of rotatable bonds is 11. The Balaban J connectivity index is 4.13. The molecule has 25 heavy (non-hydrogen) atoms. The van der Waals surface area contributed by atoms with Crippen molar-refractivity contribution in [2.45, 2.75) is 32.5 Å². The van der Waals surface area contributed by atoms with E-state index in [1.807, 2.05) is 0 Å². The Labute approximate surface area is 146 Å². The standard InChI is InChI=1S/C17H22O8/c1-6-14(18)24-12(4)9-22-16(20)8-11(3)17(21)23-10-13(5)25-15(19)7-2/h6-7,12-13H,1-3,8-10H2,4-5H3. The Kier molecular flexibility index (Phi) is 10.3. The second-order valence-corrected chi connectivity index (χ2v) is 4.97. The first kappa shape index (κ1) is 22.1. The molecule has 0 saturated heterocycles. The summed E-state index contributed by atoms with van der Waals surface area (Å²) in [7, 11) is 0. The maximum Gasteiger partial charge on any atom is 0.334 e. The molecule has 8 nitrogen and oxygen atoms in total. The normalized spacial score (nSPS) is 12.1. The topological polar surface area (TPSA) is 105 Å². The van der Waals surface area contributed by atoms with Crippen molar-refractivity contribution < 1.29 is 38.1 Å². The van der Waals surface area contributed by atoms with Crippen LogP contribution in [0.1, 0.15) is 20.3 Å². The van der Waals surface area contributed by atoms with Crippen LogP contribution in [-0.2, 0) is 38.1 Å². The lowest BCUT2D eigenvalue weighted by atomic mass is 10.2. The van der Waals surface area contributed by atoms with E-state index < -0.39 is 36.1 Å². The van der Waals surface area contributed by atoms with Gasteiger partial charge in [0, 0.05) is 17.7 Å². The van der Waals surface area contributed by atoms with Gasteiger partial charge in [-0.25, -0.2) is 14.4 Å². The van der Waals surface area contributed by atoms with E-state index in [2.05, 4.69) is 19.7 Å². The molecule has 0 aliphatic carbocycles. The summed E-state index contributed by atoms with van der Waals surface area (Å²) in [5.74, 6) is -2.82. The molecule has 8 heteroatoms. The van der Waals surface area contributed by atoms with Crippen molar-refractivity contribution in [2.75, 3.05) is 13.2 Å². The van der Waals surface area contributed by atoms with Gasteiger partial charge in [-0.15, -0.1) is 0 Å². The number of esters is 4. The SMILES string of the molecule is C=CC(=O)OC(C)COC(=O)CC(=C)C(=O)OCC(C)OC(=O)C=C. The number of ether oxygens (including phenoxy) is 4. The van der Waals surface area contributed by atoms with E-state index in [-0.39, 0.29) is 25.2 Å². The molecule has 0 aliphatic heterocycles. The van der Waals surface area contributed by atoms with Crippen LogP contribution in [0.15, 0.2) is 37.5 Å². The third kappa shape index (κ3) is 10.5. The van der Waals surface area contributed by atoms with E-state index in [4.69, 9.17) is 18.9 Å². The van der Waals surface area contributed by atoms with Gasteiger partial charge < -0.3 is 18.9 Å². The first-order valence-electron chi connectivity index (χ1n) is 7.36. The third-order valence-electron chi connectivity index (χ3n) is 2.54. The first-order valence-corrected chi connectivity index (χ1v) is 7.36. The maximum absolute atomic E-state index is 11.7. The van der Waals surface area contributed by atoms with Crippen LogP contribution in [0.3, 0.4) is 0 Å². The Hall–Kier alpha value is -2.90. The molecule has 0 heterocycles. The molecule has 0 aromatic heterocycles. The number of carbonyl (C=O) groups is 4. The third-order valence-corrected chi connectivity index (χ3v) is 2.54. The fraction of sp³-hybridized carbons (Fsp3) is 0.412. The second-order valence-electron chi connectivity index (χ2n) is 4.97. The molecule has 2 atom stereocenters. The van der Waals surface area contributed by atoms with Gasteiger partial charge in [0.2, 0.25) is 0 Å². The number of hydrogen-bond donors (Lipinski definition) is 0. The van der Waals surface area contributed by atoms with Crippen LogP contribution < -0.4 is 0 Å². The van der Waals surface area contributed by atoms with Crippen LogP contribution in [0.2, 0.25) is 0 Å². The highest BCUT2D eigenvalue weighted by Crippen LogP contribution is 2.05. The van der Waals surface area contributed by atoms with Crippen molar-refractivity contribution in [3.8, 4) is 0 Å². The molecule has 0 spiro atoms. The van der Waals surface area contributed by atoms with Crippen LogP contribution in [0.25, 0.3) is 0 Å². The summed E-state index contributed by atoms with van der Waals surface area (Å²) in [6.45, 7) is 12.6. The molecule has 0 N–H and O–H groups in total. The average Bonchev–Trinajstić information content (AvgIpc) is 2.57. The summed E-state index contributed by atoms with van der Waals surface area (Å²) in [5, 5.41) is 0. The molecule has 0 bridgehead atoms. The van der Waals surface area contributed by atoms with Gasteiger partial charge >= 0.3 is 23.9 Å². The predicted molar refractivity (Wildman–Crippen MR) is 87.2 cm³/mol. The molecule has 0 aromatic carbocycles. The van der Waals surface area contributed by atoms with Crippen molar-refractivity contribution in [2.24, 2.45) is 0 Å². The molecule has 2 unspecified atom stereocenters. The van der Waals surface area contributed by atoms with E-state index in [1.165, 1.54) is 13.8 Å². The lowest BCUT2D eigenvalue weighted by Gasteiger charge is -2.14. The van der Waals surface area contributed by atoms with E-state index in [0.29, 0.717) is 0 Å². The van der Waals surface area contributed by atoms with Crippen molar-refractivity contribution in [1.82, 2.24) is 0 Å². The lowest BCUT2D eigenvalue weighted by Crippen LogP contribution is -2.24. The molecule has 0 rings (SSSR count). The zero-order valence-corrected chi connectivity index (χ0v) is 14.3. The van der Waals surface area contributed by atoms with Crippen molar-refractivity contribution in [3.05, 3.63) is 37.5 Å². The molecular weight excluding hydrogens is 332 g/mol. The maximum atomic E-state index is 11.7. The molecule has 0 amide bonds. The van der Waals surface area contributed by atoms with Crippen molar-refractivity contribution in [3.63, 3.8) is 0 Å². The smallest absolute Gasteiger partial charge is 0.334 e. The van der Waals surface area contributed by atoms with Crippen LogP contribution in [0.5, 0.6) is 0 Å². The fourth-order valence-electron chi connectivity index (χ4n) is 1.36. The highest BCUT2D eigenvalue weighted by Gasteiger charge is 2.17. The summed E-state index contributed by atoms with van der Waals surface area (Å²) < 4.78 is 19.4. The minimum atomic E-state index is -0.815. The summed E-state index contributed by atoms with van der Waals surface area (Å²) in [6, 6.07) is 0. The molecule has 0 aliphatic rings. The predicted octanol–water partition coefficient (Wildman–Crippen LogP) is 1.25. The molecule has 0 fully saturated rings. The van der Waals surface area contributed by atoms with Crippen LogP contribution >= 0.6 is 0 Å². The van der Waals surface area contributed by atoms with E-state index in [9.17, 15) is 19.2 Å². The lowest BCUT2D eigenvalue weighted by molar-refractivity contribution is -0.155. The van der Waals surface area contributed by atoms with Crippen molar-refractivity contribution in [1.29, 1.82) is 0 Å². The zero-order chi connectivity index (χ0) is 19.4. The summed E-state index contributed by atoms with van der Waals surface area (Å²) in [6.07, 6.45) is 0.260. The van der Waals surface area contributed by atoms with Crippen molar-refractivity contribution >= 4 is 23.9 Å². The van der Waals surface area contributed by atoms with Gasteiger partial charge in [-0.2, -0.15) is 0 Å². The number of hydrogen-bond acceptors (Lipinski definition) is 8. The summed E-state index contributed by atoms with van der Waals surface area (Å²) in [5.41, 5.74) is -0.122. The first-order chi connectivity index (χ1) is 11.7. The second kappa shape index (κ2) is 11.6. The van der Waals surface area contributed by atoms with Crippen LogP contribution in [-0.4, -0.2) is 49.3 Å². The fourth-order valence-corrected chi connectivity index (χ4v) is 1.36. The zero-order valence-electron chi connectivity index (χ0n) is 14.3. The Morgan fingerprint density at radius 3 is 1.76 bits per heavy atom. The van der Waals surface area contributed by atoms with Crippen LogP contribution in [0, 0.1) is 0 Å². The van der Waals surface area contributed by atoms with Gasteiger partial charge in [-0.1, -0.05) is 19.7 Å². The Morgan fingerprint density at radius 2 is 1.32 bits per heavy atom. The quantitative estimate of drug-likeness (QED) is 0.310. The molecule has 0 saturated carbocycles. The van der Waals surface area contributed by atoms with Gasteiger partial charge in [-0.05, 0) is 13.8 Å². The minimum absolute atomic E-state index is 0.122. The van der Waals surface area contributed by atoms with Gasteiger partial charge in [-0.3, -0.25) is 4.79 Å². The monoisotopic (exact) mass is 354 g/mol. The average molecular weight is 354 g/mol. The molecule has 0 aromatic rings. The minimum Gasteiger partial charge on any atom is -0.461 e. The summed E-state index contributed by atoms with van der Waals surface area (Å²) >= 11 is 0. The highest BCUT2D eigenvalue weighted by atomic mass is 16.6. The van der Waals surface area contributed by atoms with Gasteiger partial charge in [0.05, 0.1) is 6.42 Å². The van der Waals surface area contributed by atoms with E-state index in [1.54, 1.807) is 0 Å². The van der Waals surface area contributed by atoms with Gasteiger partial charge in [0.15, 0.2) is 0 Å². The highest BCUT2D eigenvalue weighted by molar-refractivity contribution is 5.93. The molecule has 138 valence electrons. The van der Waals surface area contributed by atoms with Gasteiger partial charge in [0.1, 0.15) is 25.4 Å². The van der Waals surface area contributed by atoms with E-state index >= 15 is 0 Å². The number of carbonyl (C=O) groups excluding carboxylic acids is 4. The largest absolute Gasteiger partial charge is 0.461 e. The molecule has 0 radical (unpaired) electrons. The van der Waals surface area contributed by atoms with E-state index in [0.717, 1.165) is 12.2 Å². The summed E-state index contributed by atoms with van der Waals surface area (Å²) in [4.78, 5) is 45.2.